The quantitative estimate of drug-likeness (QED) is 0.873. The normalized spacial score (nSPS) is 19.9. The Morgan fingerprint density at radius 3 is 2.55 bits per heavy atom. The summed E-state index contributed by atoms with van der Waals surface area (Å²) in [5, 5.41) is 8.46. The van der Waals surface area contributed by atoms with E-state index in [4.69, 9.17) is 9.84 Å². The predicted octanol–water partition coefficient (Wildman–Crippen LogP) is 0.883. The number of alkyl halides is 1. The number of rotatable bonds is 5. The van der Waals surface area contributed by atoms with Crippen LogP contribution in [0, 0.1) is 0 Å². The molecule has 0 unspecified atom stereocenters. The van der Waals surface area contributed by atoms with Crippen LogP contribution in [0.5, 0.6) is 5.75 Å². The third-order valence-electron chi connectivity index (χ3n) is 2.92. The van der Waals surface area contributed by atoms with Gasteiger partial charge in [0.25, 0.3) is 0 Å². The molecule has 8 heteroatoms. The van der Waals surface area contributed by atoms with Crippen molar-refractivity contribution in [2.75, 3.05) is 19.7 Å². The van der Waals surface area contributed by atoms with E-state index >= 15 is 0 Å². The fraction of sp³-hybridized carbons (Fsp3) is 0.417. The standard InChI is InChI=1S/C12H14FNO5S/c13-9-5-6-14(7-9)20(17,18)11-3-1-10(2-4-11)19-8-12(15)16/h1-4,9H,5-8H2,(H,15,16)/t9-/m1/s1. The van der Waals surface area contributed by atoms with Gasteiger partial charge in [-0.3, -0.25) is 0 Å². The van der Waals surface area contributed by atoms with Crippen molar-refractivity contribution in [2.24, 2.45) is 0 Å². The van der Waals surface area contributed by atoms with Crippen LogP contribution in [0.3, 0.4) is 0 Å². The second kappa shape index (κ2) is 5.76. The fourth-order valence-electron chi connectivity index (χ4n) is 1.91. The average Bonchev–Trinajstić information content (AvgIpc) is 2.84. The van der Waals surface area contributed by atoms with Crippen LogP contribution in [-0.4, -0.2) is 49.7 Å². The minimum Gasteiger partial charge on any atom is -0.482 e. The smallest absolute Gasteiger partial charge is 0.341 e. The van der Waals surface area contributed by atoms with E-state index < -0.39 is 28.8 Å². The van der Waals surface area contributed by atoms with Gasteiger partial charge in [0.05, 0.1) is 4.90 Å². The molecule has 6 nitrogen and oxygen atoms in total. The molecule has 2 rings (SSSR count). The van der Waals surface area contributed by atoms with E-state index in [0.717, 1.165) is 4.31 Å². The Bertz CT molecular complexity index is 586. The topological polar surface area (TPSA) is 83.9 Å². The van der Waals surface area contributed by atoms with Gasteiger partial charge in [-0.2, -0.15) is 4.31 Å². The molecule has 1 aromatic carbocycles. The molecular weight excluding hydrogens is 289 g/mol. The van der Waals surface area contributed by atoms with Crippen molar-refractivity contribution in [2.45, 2.75) is 17.5 Å². The second-order valence-electron chi connectivity index (χ2n) is 4.40. The van der Waals surface area contributed by atoms with Gasteiger partial charge in [-0.1, -0.05) is 0 Å². The molecule has 0 bridgehead atoms. The summed E-state index contributed by atoms with van der Waals surface area (Å²) in [6, 6.07) is 5.38. The lowest BCUT2D eigenvalue weighted by Crippen LogP contribution is -2.29. The number of carboxylic acids is 1. The van der Waals surface area contributed by atoms with Crippen LogP contribution in [0.25, 0.3) is 0 Å². The number of carbonyl (C=O) groups is 1. The summed E-state index contributed by atoms with van der Waals surface area (Å²) in [7, 11) is -3.70. The van der Waals surface area contributed by atoms with Crippen molar-refractivity contribution in [1.29, 1.82) is 0 Å². The first-order valence-corrected chi connectivity index (χ1v) is 7.42. The maximum absolute atomic E-state index is 13.1. The molecule has 1 aliphatic rings. The lowest BCUT2D eigenvalue weighted by molar-refractivity contribution is -0.139. The Labute approximate surface area is 115 Å². The Kier molecular flexibility index (Phi) is 4.24. The van der Waals surface area contributed by atoms with Crippen LogP contribution < -0.4 is 4.74 Å². The minimum atomic E-state index is -3.70. The third kappa shape index (κ3) is 3.26. The first-order valence-electron chi connectivity index (χ1n) is 5.98. The zero-order chi connectivity index (χ0) is 14.8. The Morgan fingerprint density at radius 2 is 2.05 bits per heavy atom. The molecule has 0 aliphatic carbocycles. The number of nitrogens with zero attached hydrogens (tertiary/aromatic N) is 1. The van der Waals surface area contributed by atoms with E-state index in [0.29, 0.717) is 0 Å². The van der Waals surface area contributed by atoms with E-state index in [-0.39, 0.29) is 30.2 Å². The number of benzene rings is 1. The zero-order valence-electron chi connectivity index (χ0n) is 10.5. The Hall–Kier alpha value is -1.67. The zero-order valence-corrected chi connectivity index (χ0v) is 11.3. The van der Waals surface area contributed by atoms with E-state index in [1.807, 2.05) is 0 Å². The van der Waals surface area contributed by atoms with Crippen LogP contribution in [0.15, 0.2) is 29.2 Å². The summed E-state index contributed by atoms with van der Waals surface area (Å²) < 4.78 is 43.5. The van der Waals surface area contributed by atoms with Gasteiger partial charge in [0.2, 0.25) is 10.0 Å². The van der Waals surface area contributed by atoms with Crippen molar-refractivity contribution < 1.29 is 27.4 Å². The highest BCUT2D eigenvalue weighted by Crippen LogP contribution is 2.24. The molecule has 1 fully saturated rings. The van der Waals surface area contributed by atoms with Crippen LogP contribution in [0.1, 0.15) is 6.42 Å². The van der Waals surface area contributed by atoms with Crippen LogP contribution in [0.4, 0.5) is 4.39 Å². The van der Waals surface area contributed by atoms with Gasteiger partial charge >= 0.3 is 5.97 Å². The van der Waals surface area contributed by atoms with Crippen molar-refractivity contribution in [1.82, 2.24) is 4.31 Å². The van der Waals surface area contributed by atoms with Crippen molar-refractivity contribution >= 4 is 16.0 Å². The van der Waals surface area contributed by atoms with Crippen molar-refractivity contribution in [3.05, 3.63) is 24.3 Å². The molecule has 1 atom stereocenters. The van der Waals surface area contributed by atoms with Gasteiger partial charge in [-0.05, 0) is 30.7 Å². The average molecular weight is 303 g/mol. The molecule has 1 aromatic rings. The molecule has 1 aliphatic heterocycles. The molecule has 1 saturated heterocycles. The molecule has 0 spiro atoms. The first-order chi connectivity index (χ1) is 9.39. The van der Waals surface area contributed by atoms with Crippen molar-refractivity contribution in [3.8, 4) is 5.75 Å². The van der Waals surface area contributed by atoms with Gasteiger partial charge in [0.1, 0.15) is 11.9 Å². The van der Waals surface area contributed by atoms with E-state index in [1.165, 1.54) is 24.3 Å². The van der Waals surface area contributed by atoms with Gasteiger partial charge in [-0.25, -0.2) is 17.6 Å². The number of halogens is 1. The molecule has 110 valence electrons. The highest BCUT2D eigenvalue weighted by atomic mass is 32.2. The highest BCUT2D eigenvalue weighted by Gasteiger charge is 2.32. The summed E-state index contributed by atoms with van der Waals surface area (Å²) in [6.45, 7) is -0.456. The summed E-state index contributed by atoms with van der Waals surface area (Å²) in [4.78, 5) is 10.4. The molecule has 0 radical (unpaired) electrons. The first kappa shape index (κ1) is 14.7. The lowest BCUT2D eigenvalue weighted by Gasteiger charge is -2.15. The number of hydrogen-bond donors (Lipinski definition) is 1. The van der Waals surface area contributed by atoms with Gasteiger partial charge in [-0.15, -0.1) is 0 Å². The van der Waals surface area contributed by atoms with Crippen LogP contribution in [0.2, 0.25) is 0 Å². The van der Waals surface area contributed by atoms with Crippen molar-refractivity contribution in [3.63, 3.8) is 0 Å². The second-order valence-corrected chi connectivity index (χ2v) is 6.34. The van der Waals surface area contributed by atoms with Gasteiger partial charge in [0.15, 0.2) is 6.61 Å². The summed E-state index contributed by atoms with van der Waals surface area (Å²) in [5.41, 5.74) is 0. The van der Waals surface area contributed by atoms with E-state index in [2.05, 4.69) is 0 Å². The minimum absolute atomic E-state index is 0.0364. The van der Waals surface area contributed by atoms with E-state index in [1.54, 1.807) is 0 Å². The third-order valence-corrected chi connectivity index (χ3v) is 4.80. The summed E-state index contributed by atoms with van der Waals surface area (Å²) in [6.07, 6.45) is -0.915. The summed E-state index contributed by atoms with van der Waals surface area (Å²) >= 11 is 0. The lowest BCUT2D eigenvalue weighted by atomic mass is 10.3. The SMILES string of the molecule is O=C(O)COc1ccc(S(=O)(=O)N2CC[C@@H](F)C2)cc1. The maximum atomic E-state index is 13.1. The van der Waals surface area contributed by atoms with E-state index in [9.17, 15) is 17.6 Å². The Balaban J connectivity index is 2.11. The van der Waals surface area contributed by atoms with Gasteiger partial charge < -0.3 is 9.84 Å². The molecular formula is C12H14FNO5S. The molecule has 1 heterocycles. The van der Waals surface area contributed by atoms with Crippen LogP contribution >= 0.6 is 0 Å². The molecule has 0 saturated carbocycles. The maximum Gasteiger partial charge on any atom is 0.341 e. The largest absolute Gasteiger partial charge is 0.482 e. The number of hydrogen-bond acceptors (Lipinski definition) is 4. The fourth-order valence-corrected chi connectivity index (χ4v) is 3.39. The van der Waals surface area contributed by atoms with Gasteiger partial charge in [0, 0.05) is 13.1 Å². The highest BCUT2D eigenvalue weighted by molar-refractivity contribution is 7.89. The summed E-state index contributed by atoms with van der Waals surface area (Å²) in [5.74, 6) is -0.858. The molecule has 20 heavy (non-hydrogen) atoms. The number of carboxylic acid groups (broad SMARTS) is 1. The predicted molar refractivity (Wildman–Crippen MR) is 67.8 cm³/mol. The monoisotopic (exact) mass is 303 g/mol. The molecule has 0 amide bonds. The molecule has 0 aromatic heterocycles. The Morgan fingerprint density at radius 1 is 1.40 bits per heavy atom. The molecule has 1 N–H and O–H groups in total. The van der Waals surface area contributed by atoms with Crippen LogP contribution in [-0.2, 0) is 14.8 Å². The number of aliphatic carboxylic acids is 1. The number of ether oxygens (including phenoxy) is 1. The number of sulfonamides is 1.